The second kappa shape index (κ2) is 26.9. The lowest BCUT2D eigenvalue weighted by atomic mass is 9.98. The average molecular weight is 630 g/mol. The molecule has 1 fully saturated rings. The largest absolute Gasteiger partial charge is 0.493 e. The van der Waals surface area contributed by atoms with E-state index in [1.165, 1.54) is 71.0 Å². The molecule has 1 saturated carbocycles. The Labute approximate surface area is 270 Å². The zero-order chi connectivity index (χ0) is 33.0. The van der Waals surface area contributed by atoms with Gasteiger partial charge in [0.15, 0.2) is 16.8 Å². The summed E-state index contributed by atoms with van der Waals surface area (Å²) in [5.41, 5.74) is 0.692. The van der Waals surface area contributed by atoms with E-state index in [0.29, 0.717) is 42.1 Å². The Balaban J connectivity index is 0.000000532. The third kappa shape index (κ3) is 21.0. The van der Waals surface area contributed by atoms with E-state index < -0.39 is 5.97 Å². The number of carbonyl (C=O) groups excluding carboxylic acids is 3. The lowest BCUT2D eigenvalue weighted by Gasteiger charge is -2.10. The molecule has 1 aromatic carbocycles. The Morgan fingerprint density at radius 2 is 1.67 bits per heavy atom. The molecule has 9 nitrogen and oxygen atoms in total. The molecule has 0 saturated heterocycles. The molecular weight excluding hydrogens is 574 g/mol. The highest BCUT2D eigenvalue weighted by Crippen LogP contribution is 2.30. The number of benzene rings is 1. The minimum Gasteiger partial charge on any atom is -0.493 e. The van der Waals surface area contributed by atoms with E-state index in [9.17, 15) is 19.3 Å². The summed E-state index contributed by atoms with van der Waals surface area (Å²) in [6.45, 7) is 4.58. The monoisotopic (exact) mass is 629 g/mol. The number of hydrogen-bond acceptors (Lipinski definition) is 9. The highest BCUT2D eigenvalue weighted by atomic mass is 16.7. The van der Waals surface area contributed by atoms with Crippen LogP contribution in [0.2, 0.25) is 0 Å². The SMILES string of the molecule is C/C=C\CCCC(=O)Oc1ccc(/C=C/C(=O)OCCCCON=O)cc1OC.CCCCCCCC(=O)CCC1CCCC1. The number of allylic oxidation sites excluding steroid dienone is 2. The predicted molar refractivity (Wildman–Crippen MR) is 178 cm³/mol. The van der Waals surface area contributed by atoms with Gasteiger partial charge in [-0.05, 0) is 75.1 Å². The molecule has 1 aliphatic carbocycles. The molecule has 0 amide bonds. The van der Waals surface area contributed by atoms with Crippen LogP contribution in [0.4, 0.5) is 0 Å². The molecule has 0 unspecified atom stereocenters. The van der Waals surface area contributed by atoms with Crippen molar-refractivity contribution >= 4 is 23.8 Å². The van der Waals surface area contributed by atoms with E-state index in [2.05, 4.69) is 17.1 Å². The van der Waals surface area contributed by atoms with Gasteiger partial charge < -0.3 is 19.0 Å². The highest BCUT2D eigenvalue weighted by molar-refractivity contribution is 5.87. The van der Waals surface area contributed by atoms with Crippen LogP contribution in [0.1, 0.15) is 129 Å². The van der Waals surface area contributed by atoms with Crippen LogP contribution in [-0.2, 0) is 24.0 Å². The Hall–Kier alpha value is -3.49. The molecule has 0 aromatic heterocycles. The molecule has 1 aromatic rings. The lowest BCUT2D eigenvalue weighted by molar-refractivity contribution is -0.138. The normalized spacial score (nSPS) is 13.0. The highest BCUT2D eigenvalue weighted by Gasteiger charge is 2.16. The van der Waals surface area contributed by atoms with Crippen LogP contribution in [-0.4, -0.2) is 38.0 Å². The summed E-state index contributed by atoms with van der Waals surface area (Å²) in [4.78, 5) is 49.3. The fourth-order valence-electron chi connectivity index (χ4n) is 4.98. The third-order valence-electron chi connectivity index (χ3n) is 7.60. The van der Waals surface area contributed by atoms with Gasteiger partial charge in [-0.15, -0.1) is 4.91 Å². The first-order chi connectivity index (χ1) is 21.9. The smallest absolute Gasteiger partial charge is 0.330 e. The van der Waals surface area contributed by atoms with Gasteiger partial charge >= 0.3 is 11.9 Å². The summed E-state index contributed by atoms with van der Waals surface area (Å²) in [6, 6.07) is 4.99. The van der Waals surface area contributed by atoms with E-state index in [4.69, 9.17) is 14.2 Å². The zero-order valence-corrected chi connectivity index (χ0v) is 27.8. The Morgan fingerprint density at radius 1 is 0.911 bits per heavy atom. The third-order valence-corrected chi connectivity index (χ3v) is 7.60. The molecule has 0 atom stereocenters. The maximum Gasteiger partial charge on any atom is 0.330 e. The topological polar surface area (TPSA) is 118 Å². The zero-order valence-electron chi connectivity index (χ0n) is 27.8. The minimum atomic E-state index is -0.491. The second-order valence-corrected chi connectivity index (χ2v) is 11.4. The number of hydrogen-bond donors (Lipinski definition) is 0. The molecular formula is C36H55NO8. The van der Waals surface area contributed by atoms with Gasteiger partial charge in [-0.3, -0.25) is 9.59 Å². The summed E-state index contributed by atoms with van der Waals surface area (Å²) < 4.78 is 15.7. The van der Waals surface area contributed by atoms with Crippen molar-refractivity contribution in [1.82, 2.24) is 0 Å². The second-order valence-electron chi connectivity index (χ2n) is 11.4. The van der Waals surface area contributed by atoms with Gasteiger partial charge in [-0.25, -0.2) is 4.79 Å². The van der Waals surface area contributed by atoms with Gasteiger partial charge in [-0.2, -0.15) is 0 Å². The van der Waals surface area contributed by atoms with E-state index in [0.717, 1.165) is 38.0 Å². The molecule has 1 aliphatic rings. The van der Waals surface area contributed by atoms with Crippen LogP contribution in [0.3, 0.4) is 0 Å². The summed E-state index contributed by atoms with van der Waals surface area (Å²) in [6.07, 6.45) is 24.6. The van der Waals surface area contributed by atoms with Crippen molar-refractivity contribution in [2.45, 2.75) is 123 Å². The predicted octanol–water partition coefficient (Wildman–Crippen LogP) is 9.27. The average Bonchev–Trinajstić information content (AvgIpc) is 3.57. The van der Waals surface area contributed by atoms with Crippen molar-refractivity contribution in [2.24, 2.45) is 11.3 Å². The number of ether oxygens (including phenoxy) is 3. The first-order valence-electron chi connectivity index (χ1n) is 16.7. The van der Waals surface area contributed by atoms with Crippen LogP contribution in [0.15, 0.2) is 41.8 Å². The summed E-state index contributed by atoms with van der Waals surface area (Å²) in [5.74, 6) is 1.30. The number of nitrogens with zero attached hydrogens (tertiary/aromatic N) is 1. The molecule has 0 bridgehead atoms. The van der Waals surface area contributed by atoms with Crippen molar-refractivity contribution in [3.05, 3.63) is 46.9 Å². The fraction of sp³-hybridized carbons (Fsp3) is 0.639. The maximum atomic E-state index is 11.9. The molecule has 0 heterocycles. The molecule has 9 heteroatoms. The van der Waals surface area contributed by atoms with E-state index >= 15 is 0 Å². The van der Waals surface area contributed by atoms with E-state index in [-0.39, 0.29) is 19.2 Å². The molecule has 0 N–H and O–H groups in total. The van der Waals surface area contributed by atoms with Crippen molar-refractivity contribution in [3.8, 4) is 11.5 Å². The maximum absolute atomic E-state index is 11.9. The van der Waals surface area contributed by atoms with Gasteiger partial charge in [0.05, 0.1) is 13.7 Å². The molecule has 45 heavy (non-hydrogen) atoms. The number of esters is 2. The van der Waals surface area contributed by atoms with Crippen LogP contribution in [0.5, 0.6) is 11.5 Å². The van der Waals surface area contributed by atoms with E-state index in [1.807, 2.05) is 19.1 Å². The van der Waals surface area contributed by atoms with Gasteiger partial charge in [0.1, 0.15) is 12.4 Å². The van der Waals surface area contributed by atoms with Crippen molar-refractivity contribution in [3.63, 3.8) is 0 Å². The summed E-state index contributed by atoms with van der Waals surface area (Å²) >= 11 is 0. The standard InChI is InChI=1S/C21H27NO7.C15H28O/c1-3-4-5-6-9-21(24)29-18-12-10-17(16-19(18)26-2)11-13-20(23)27-14-7-8-15-28-22-25;1-2-3-4-5-6-11-15(16)13-12-14-9-7-8-10-14/h3-4,10-13,16H,5-9,14-15H2,1-2H3;14H,2-13H2,1H3/b4-3-,13-11+;. The number of ketones is 1. The Bertz CT molecular complexity index is 1030. The van der Waals surface area contributed by atoms with Crippen molar-refractivity contribution in [2.75, 3.05) is 20.3 Å². The Morgan fingerprint density at radius 3 is 2.38 bits per heavy atom. The lowest BCUT2D eigenvalue weighted by Crippen LogP contribution is -2.08. The van der Waals surface area contributed by atoms with Crippen molar-refractivity contribution < 1.29 is 33.4 Å². The van der Waals surface area contributed by atoms with Crippen LogP contribution < -0.4 is 9.47 Å². The van der Waals surface area contributed by atoms with Crippen LogP contribution in [0, 0.1) is 10.8 Å². The van der Waals surface area contributed by atoms with Gasteiger partial charge in [0.2, 0.25) is 0 Å². The molecule has 0 spiro atoms. The number of Topliss-reactive ketones (excluding diaryl/α,β-unsaturated/α-hetero) is 1. The van der Waals surface area contributed by atoms with Gasteiger partial charge in [-0.1, -0.05) is 76.5 Å². The molecule has 0 radical (unpaired) electrons. The molecule has 252 valence electrons. The van der Waals surface area contributed by atoms with Gasteiger partial charge in [0.25, 0.3) is 0 Å². The molecule has 2 rings (SSSR count). The quantitative estimate of drug-likeness (QED) is 0.0224. The fourth-order valence-corrected chi connectivity index (χ4v) is 4.98. The van der Waals surface area contributed by atoms with Crippen LogP contribution >= 0.6 is 0 Å². The molecule has 0 aliphatic heterocycles. The first-order valence-corrected chi connectivity index (χ1v) is 16.7. The number of unbranched alkanes of at least 4 members (excludes halogenated alkanes) is 6. The summed E-state index contributed by atoms with van der Waals surface area (Å²) in [5, 5.41) is 2.28. The number of rotatable bonds is 23. The van der Waals surface area contributed by atoms with Crippen molar-refractivity contribution in [1.29, 1.82) is 0 Å². The first kappa shape index (κ1) is 39.5. The Kier molecular flexibility index (Phi) is 23.6. The van der Waals surface area contributed by atoms with Crippen LogP contribution in [0.25, 0.3) is 6.08 Å². The van der Waals surface area contributed by atoms with Gasteiger partial charge in [0, 0.05) is 25.3 Å². The number of carbonyl (C=O) groups is 3. The minimum absolute atomic E-state index is 0.198. The summed E-state index contributed by atoms with van der Waals surface area (Å²) in [7, 11) is 1.48. The number of methoxy groups -OCH3 is 1. The van der Waals surface area contributed by atoms with E-state index in [1.54, 1.807) is 24.3 Å².